The minimum Gasteiger partial charge on any atom is -1.00 e. The average molecular weight is 859 g/mol. The molecule has 0 radical (unpaired) electrons. The summed E-state index contributed by atoms with van der Waals surface area (Å²) in [5, 5.41) is 0. The molecule has 4 aromatic carbocycles. The summed E-state index contributed by atoms with van der Waals surface area (Å²) in [6, 6.07) is 19.2. The zero-order valence-corrected chi connectivity index (χ0v) is 40.5. The first-order valence-corrected chi connectivity index (χ1v) is 28.0. The summed E-state index contributed by atoms with van der Waals surface area (Å²) in [5.74, 6) is 2.07. The summed E-state index contributed by atoms with van der Waals surface area (Å²) in [6.45, 7) is 33.1. The van der Waals surface area contributed by atoms with E-state index in [-0.39, 0.29) is 35.6 Å². The van der Waals surface area contributed by atoms with Crippen molar-refractivity contribution in [2.75, 3.05) is 14.2 Å². The van der Waals surface area contributed by atoms with E-state index in [1.54, 1.807) is 22.3 Å². The van der Waals surface area contributed by atoms with Crippen LogP contribution in [0.4, 0.5) is 0 Å². The topological polar surface area (TPSA) is 18.5 Å². The Morgan fingerprint density at radius 3 is 1.09 bits per heavy atom. The van der Waals surface area contributed by atoms with Crippen LogP contribution in [0.5, 0.6) is 11.5 Å². The molecule has 0 aromatic heterocycles. The number of hydrogen-bond acceptors (Lipinski definition) is 2. The zero-order chi connectivity index (χ0) is 38.2. The maximum Gasteiger partial charge on any atom is -1.00 e. The molecule has 2 aliphatic carbocycles. The van der Waals surface area contributed by atoms with Crippen LogP contribution in [0, 0.1) is 27.7 Å². The molecular weight excluding hydrogens is 799 g/mol. The van der Waals surface area contributed by atoms with E-state index in [9.17, 15) is 0 Å². The minimum atomic E-state index is -2.43. The molecule has 0 fully saturated rings. The molecule has 54 heavy (non-hydrogen) atoms. The molecule has 0 amide bonds. The van der Waals surface area contributed by atoms with Crippen molar-refractivity contribution in [3.8, 4) is 33.8 Å². The van der Waals surface area contributed by atoms with Gasteiger partial charge in [-0.2, -0.15) is 0 Å². The van der Waals surface area contributed by atoms with Gasteiger partial charge in [-0.15, -0.1) is 0 Å². The van der Waals surface area contributed by atoms with E-state index in [1.165, 1.54) is 66.8 Å². The molecule has 0 heterocycles. The molecule has 2 aliphatic rings. The molecule has 6 rings (SSSR count). The second kappa shape index (κ2) is 16.2. The van der Waals surface area contributed by atoms with Gasteiger partial charge in [-0.25, -0.2) is 0 Å². The van der Waals surface area contributed by atoms with Gasteiger partial charge in [-0.1, -0.05) is 0 Å². The SMILES string of the molecule is COc1c(C(C)(C)C)cc2c(c1-c1cc(C)cc(C)c1)C=C(C)[CH]2[Zr+2]([CH]1C(C)=Cc2c1cc(C(C)(C)C)c(OC)c2-c1cc(C)cc(C)c1)=[Si](C)C.[Cl-].[Cl-]. The van der Waals surface area contributed by atoms with E-state index < -0.39 is 25.8 Å². The fourth-order valence-corrected chi connectivity index (χ4v) is 29.9. The fourth-order valence-electron chi connectivity index (χ4n) is 9.22. The summed E-state index contributed by atoms with van der Waals surface area (Å²) in [4.78, 5) is 0. The molecule has 0 saturated heterocycles. The number of allylic oxidation sites excluding steroid dienone is 2. The Bertz CT molecular complexity index is 2030. The van der Waals surface area contributed by atoms with Crippen LogP contribution in [-0.2, 0) is 31.2 Å². The van der Waals surface area contributed by atoms with Gasteiger partial charge in [-0.05, 0) is 0 Å². The molecule has 2 atom stereocenters. The Kier molecular flexibility index (Phi) is 13.3. The monoisotopic (exact) mass is 856 g/mol. The van der Waals surface area contributed by atoms with Crippen molar-refractivity contribution in [2.45, 2.75) is 114 Å². The predicted octanol–water partition coefficient (Wildman–Crippen LogP) is 7.36. The Morgan fingerprint density at radius 1 is 0.519 bits per heavy atom. The Hall–Kier alpha value is -2.36. The third-order valence-corrected chi connectivity index (χ3v) is 31.1. The molecule has 0 N–H and O–H groups in total. The number of benzene rings is 4. The van der Waals surface area contributed by atoms with Crippen molar-refractivity contribution >= 4 is 17.6 Å². The maximum atomic E-state index is 6.42. The predicted molar refractivity (Wildman–Crippen MR) is 223 cm³/mol. The largest absolute Gasteiger partial charge is 1.00 e. The number of rotatable bonds is 6. The molecule has 0 aliphatic heterocycles. The normalized spacial score (nSPS) is 15.9. The summed E-state index contributed by atoms with van der Waals surface area (Å²) in [5.41, 5.74) is 21.1. The Morgan fingerprint density at radius 2 is 0.833 bits per heavy atom. The number of methoxy groups -OCH3 is 2. The number of hydrogen-bond donors (Lipinski definition) is 0. The van der Waals surface area contributed by atoms with E-state index >= 15 is 0 Å². The summed E-state index contributed by atoms with van der Waals surface area (Å²) in [7, 11) is 3.73. The van der Waals surface area contributed by atoms with E-state index in [1.807, 2.05) is 14.2 Å². The molecule has 0 spiro atoms. The van der Waals surface area contributed by atoms with Crippen molar-refractivity contribution in [2.24, 2.45) is 0 Å². The van der Waals surface area contributed by atoms with Crippen LogP contribution in [0.3, 0.4) is 0 Å². The van der Waals surface area contributed by atoms with Gasteiger partial charge in [-0.3, -0.25) is 0 Å². The van der Waals surface area contributed by atoms with Crippen molar-refractivity contribution in [1.82, 2.24) is 0 Å². The standard InChI is InChI=1S/2C23H27O.C2H6Si.2ClH.Zr/c2*1-14-8-15(2)11-18(10-14)21-19-12-16(3)9-17(19)13-20(22(21)24-7)23(4,5)6;1-3-2;;;/h2*8-13H,1-7H3;1-2H3;2*1H;/q;;;;;+2/p-2. The van der Waals surface area contributed by atoms with E-state index in [2.05, 4.69) is 157 Å². The van der Waals surface area contributed by atoms with Crippen LogP contribution in [0.2, 0.25) is 13.1 Å². The van der Waals surface area contributed by atoms with Crippen molar-refractivity contribution in [1.29, 1.82) is 0 Å². The second-order valence-corrected chi connectivity index (χ2v) is 35.9. The Balaban J connectivity index is 0.00000325. The molecule has 2 nitrogen and oxygen atoms in total. The van der Waals surface area contributed by atoms with Gasteiger partial charge in [0, 0.05) is 0 Å². The first kappa shape index (κ1) is 44.4. The zero-order valence-electron chi connectivity index (χ0n) is 35.5. The van der Waals surface area contributed by atoms with Crippen molar-refractivity contribution < 1.29 is 54.7 Å². The number of fused-ring (bicyclic) bond motifs is 2. The van der Waals surface area contributed by atoms with Gasteiger partial charge in [0.05, 0.1) is 0 Å². The first-order chi connectivity index (χ1) is 24.3. The summed E-state index contributed by atoms with van der Waals surface area (Å²) >= 11 is -2.43. The molecule has 286 valence electrons. The van der Waals surface area contributed by atoms with E-state index in [0.717, 1.165) is 11.5 Å². The van der Waals surface area contributed by atoms with Crippen LogP contribution in [0.15, 0.2) is 59.7 Å². The summed E-state index contributed by atoms with van der Waals surface area (Å²) < 4.78 is 13.8. The number of halogens is 2. The van der Waals surface area contributed by atoms with Gasteiger partial charge < -0.3 is 24.8 Å². The van der Waals surface area contributed by atoms with Crippen LogP contribution in [0.25, 0.3) is 34.4 Å². The molecule has 2 unspecified atom stereocenters. The van der Waals surface area contributed by atoms with Crippen LogP contribution in [0.1, 0.15) is 118 Å². The molecule has 0 bridgehead atoms. The third-order valence-electron chi connectivity index (χ3n) is 11.2. The average Bonchev–Trinajstić information content (AvgIpc) is 3.52. The van der Waals surface area contributed by atoms with Crippen LogP contribution >= 0.6 is 0 Å². The fraction of sp³-hybridized carbons (Fsp3) is 0.417. The van der Waals surface area contributed by atoms with Crippen LogP contribution in [-0.4, -0.2) is 19.7 Å². The Labute approximate surface area is 347 Å². The molecule has 4 aromatic rings. The van der Waals surface area contributed by atoms with Crippen molar-refractivity contribution in [3.05, 3.63) is 115 Å². The quantitative estimate of drug-likeness (QED) is 0.189. The minimum absolute atomic E-state index is 0. The van der Waals surface area contributed by atoms with Gasteiger partial charge in [0.15, 0.2) is 0 Å². The first-order valence-electron chi connectivity index (χ1n) is 19.0. The van der Waals surface area contributed by atoms with E-state index in [4.69, 9.17) is 9.47 Å². The van der Waals surface area contributed by atoms with E-state index in [0.29, 0.717) is 7.25 Å². The molecular formula is C48H60Cl2O2SiZr. The number of aryl methyl sites for hydroxylation is 4. The number of ether oxygens (including phenoxy) is 2. The maximum absolute atomic E-state index is 6.42. The molecule has 0 saturated carbocycles. The van der Waals surface area contributed by atoms with Gasteiger partial charge in [0.25, 0.3) is 0 Å². The van der Waals surface area contributed by atoms with Crippen LogP contribution < -0.4 is 34.3 Å². The van der Waals surface area contributed by atoms with Crippen molar-refractivity contribution in [3.63, 3.8) is 0 Å². The third kappa shape index (κ3) is 7.94. The van der Waals surface area contributed by atoms with Gasteiger partial charge in [0.2, 0.25) is 0 Å². The second-order valence-electron chi connectivity index (χ2n) is 18.0. The van der Waals surface area contributed by atoms with Gasteiger partial charge >= 0.3 is 325 Å². The smallest absolute Gasteiger partial charge is 1.00 e. The van der Waals surface area contributed by atoms with Gasteiger partial charge in [0.1, 0.15) is 0 Å². The molecule has 6 heteroatoms. The summed E-state index contributed by atoms with van der Waals surface area (Å²) in [6.07, 6.45) is 5.11.